The zero-order valence-electron chi connectivity index (χ0n) is 20.4. The lowest BCUT2D eigenvalue weighted by Gasteiger charge is -2.29. The monoisotopic (exact) mass is 563 g/mol. The molecule has 202 valence electrons. The molecule has 1 fully saturated rings. The molecular weight excluding hydrogens is 537 g/mol. The number of carbonyl (C=O) groups is 2. The fourth-order valence-corrected chi connectivity index (χ4v) is 4.58. The second kappa shape index (κ2) is 11.5. The third-order valence-electron chi connectivity index (χ3n) is 6.72. The van der Waals surface area contributed by atoms with Crippen molar-refractivity contribution < 1.29 is 27.2 Å². The number of hydrogen-bond donors (Lipinski definition) is 2. The van der Waals surface area contributed by atoms with E-state index in [1.165, 1.54) is 31.6 Å². The highest BCUT2D eigenvalue weighted by Crippen LogP contribution is 2.65. The summed E-state index contributed by atoms with van der Waals surface area (Å²) in [4.78, 5) is 34.3. The third-order valence-corrected chi connectivity index (χ3v) is 7.32. The maximum Gasteiger partial charge on any atom is 0.395 e. The van der Waals surface area contributed by atoms with Gasteiger partial charge in [0.2, 0.25) is 5.91 Å². The van der Waals surface area contributed by atoms with E-state index in [1.54, 1.807) is 19.0 Å². The lowest BCUT2D eigenvalue weighted by molar-refractivity contribution is -0.195. The molecule has 1 saturated carbocycles. The molecule has 1 aromatic carbocycles. The van der Waals surface area contributed by atoms with Gasteiger partial charge in [0, 0.05) is 44.4 Å². The van der Waals surface area contributed by atoms with Gasteiger partial charge in [-0.1, -0.05) is 29.3 Å². The first-order valence-corrected chi connectivity index (χ1v) is 12.2. The Hall–Kier alpha value is -2.50. The predicted molar refractivity (Wildman–Crippen MR) is 131 cm³/mol. The summed E-state index contributed by atoms with van der Waals surface area (Å²) >= 11 is 12.0. The number of carbonyl (C=O) groups excluding carboxylic acids is 2. The van der Waals surface area contributed by atoms with E-state index in [9.17, 15) is 27.2 Å². The molecule has 0 bridgehead atoms. The van der Waals surface area contributed by atoms with Crippen molar-refractivity contribution in [1.29, 1.82) is 0 Å². The maximum atomic E-state index is 14.6. The largest absolute Gasteiger partial charge is 0.395 e. The molecule has 13 heteroatoms. The number of alkyl halides is 3. The van der Waals surface area contributed by atoms with Gasteiger partial charge in [-0.3, -0.25) is 9.59 Å². The quantitative estimate of drug-likeness (QED) is 0.419. The molecule has 37 heavy (non-hydrogen) atoms. The fraction of sp³-hybridized carbons (Fsp3) is 0.500. The van der Waals surface area contributed by atoms with Crippen molar-refractivity contribution in [3.05, 3.63) is 57.3 Å². The van der Waals surface area contributed by atoms with E-state index < -0.39 is 41.6 Å². The number of amides is 2. The van der Waals surface area contributed by atoms with Gasteiger partial charge >= 0.3 is 6.18 Å². The Labute approximate surface area is 221 Å². The topological polar surface area (TPSA) is 87.2 Å². The van der Waals surface area contributed by atoms with E-state index in [0.717, 1.165) is 0 Å². The molecule has 2 aromatic rings. The van der Waals surface area contributed by atoms with Gasteiger partial charge in [-0.15, -0.1) is 0 Å². The molecule has 2 atom stereocenters. The zero-order valence-corrected chi connectivity index (χ0v) is 21.9. The summed E-state index contributed by atoms with van der Waals surface area (Å²) in [6, 6.07) is 2.49. The van der Waals surface area contributed by atoms with Crippen LogP contribution in [0.1, 0.15) is 46.9 Å². The molecule has 0 aliphatic heterocycles. The molecule has 7 nitrogen and oxygen atoms in total. The second-order valence-corrected chi connectivity index (χ2v) is 10.1. The Morgan fingerprint density at radius 2 is 1.78 bits per heavy atom. The number of nitrogens with one attached hydrogen (secondary N) is 2. The summed E-state index contributed by atoms with van der Waals surface area (Å²) in [5.74, 6) is -3.42. The number of rotatable bonds is 10. The summed E-state index contributed by atoms with van der Waals surface area (Å²) in [7, 11) is 4.86. The van der Waals surface area contributed by atoms with Crippen LogP contribution in [0.25, 0.3) is 0 Å². The van der Waals surface area contributed by atoms with Gasteiger partial charge < -0.3 is 15.5 Å². The minimum absolute atomic E-state index is 0.0637. The van der Waals surface area contributed by atoms with E-state index in [2.05, 4.69) is 20.6 Å². The number of aromatic nitrogens is 2. The first kappa shape index (κ1) is 29.1. The summed E-state index contributed by atoms with van der Waals surface area (Å²) < 4.78 is 56.3. The average Bonchev–Trinajstić information content (AvgIpc) is 3.65. The second-order valence-electron chi connectivity index (χ2n) is 9.28. The normalized spacial score (nSPS) is 16.3. The zero-order chi connectivity index (χ0) is 27.5. The summed E-state index contributed by atoms with van der Waals surface area (Å²) in [6.07, 6.45) is -2.57. The number of nitrogens with zero attached hydrogens (tertiary/aromatic N) is 3. The fourth-order valence-electron chi connectivity index (χ4n) is 4.24. The minimum atomic E-state index is -4.52. The summed E-state index contributed by atoms with van der Waals surface area (Å²) in [5.41, 5.74) is -1.84. The van der Waals surface area contributed by atoms with Crippen LogP contribution >= 0.6 is 23.2 Å². The van der Waals surface area contributed by atoms with Gasteiger partial charge in [0.15, 0.2) is 5.82 Å². The van der Waals surface area contributed by atoms with Crippen molar-refractivity contribution in [3.8, 4) is 0 Å². The van der Waals surface area contributed by atoms with Crippen molar-refractivity contribution >= 4 is 35.0 Å². The van der Waals surface area contributed by atoms with Crippen LogP contribution in [0.15, 0.2) is 24.5 Å². The van der Waals surface area contributed by atoms with Crippen molar-refractivity contribution in [2.45, 2.75) is 43.8 Å². The Morgan fingerprint density at radius 3 is 2.30 bits per heavy atom. The van der Waals surface area contributed by atoms with Crippen LogP contribution in [0, 0.1) is 11.2 Å². The SMILES string of the molecule is CNC(=O)c1ccc(C[C@@H](CNC(=O)CC(c2ncc(Cl)cn2)C2(C(F)(F)F)CC2)N(C)C)c(Cl)c1F. The van der Waals surface area contributed by atoms with Gasteiger partial charge in [-0.25, -0.2) is 14.4 Å². The van der Waals surface area contributed by atoms with Crippen LogP contribution in [0.3, 0.4) is 0 Å². The van der Waals surface area contributed by atoms with Crippen LogP contribution in [-0.4, -0.2) is 66.6 Å². The predicted octanol–water partition coefficient (Wildman–Crippen LogP) is 4.39. The van der Waals surface area contributed by atoms with E-state index in [1.807, 2.05) is 0 Å². The highest BCUT2D eigenvalue weighted by atomic mass is 35.5. The Balaban J connectivity index is 1.73. The van der Waals surface area contributed by atoms with E-state index in [-0.39, 0.29) is 53.3 Å². The standard InChI is InChI=1S/C24H27Cl2F4N5O2/c1-31-22(37)16-5-4-13(19(26)20(16)27)8-15(35(2)3)12-32-18(36)9-17(21-33-10-14(25)11-34-21)23(6-7-23)24(28,29)30/h4-5,10-11,15,17H,6-9,12H2,1-3H3,(H,31,37)(H,32,36)/t15-,17?/m0/s1. The Kier molecular flexibility index (Phi) is 9.02. The molecule has 0 spiro atoms. The first-order chi connectivity index (χ1) is 17.3. The summed E-state index contributed by atoms with van der Waals surface area (Å²) in [5, 5.41) is 4.99. The lowest BCUT2D eigenvalue weighted by Crippen LogP contribution is -2.43. The van der Waals surface area contributed by atoms with E-state index in [4.69, 9.17) is 23.2 Å². The minimum Gasteiger partial charge on any atom is -0.355 e. The van der Waals surface area contributed by atoms with Crippen molar-refractivity contribution in [2.24, 2.45) is 5.41 Å². The van der Waals surface area contributed by atoms with Crippen molar-refractivity contribution in [1.82, 2.24) is 25.5 Å². The van der Waals surface area contributed by atoms with Crippen LogP contribution in [0.4, 0.5) is 17.6 Å². The molecule has 1 aliphatic carbocycles. The number of benzene rings is 1. The van der Waals surface area contributed by atoms with Gasteiger partial charge in [0.1, 0.15) is 5.82 Å². The highest BCUT2D eigenvalue weighted by Gasteiger charge is 2.68. The first-order valence-electron chi connectivity index (χ1n) is 11.5. The van der Waals surface area contributed by atoms with Gasteiger partial charge in [0.25, 0.3) is 5.91 Å². The molecule has 2 N–H and O–H groups in total. The molecular formula is C24H27Cl2F4N5O2. The molecule has 2 amide bonds. The van der Waals surface area contributed by atoms with Crippen molar-refractivity contribution in [3.63, 3.8) is 0 Å². The van der Waals surface area contributed by atoms with Gasteiger partial charge in [-0.05, 0) is 45.0 Å². The number of hydrogen-bond acceptors (Lipinski definition) is 5. The number of likely N-dealkylation sites (N-methyl/N-ethyl adjacent to an activating group) is 1. The highest BCUT2D eigenvalue weighted by molar-refractivity contribution is 6.32. The molecule has 0 saturated heterocycles. The lowest BCUT2D eigenvalue weighted by atomic mass is 9.84. The van der Waals surface area contributed by atoms with Gasteiger partial charge in [0.05, 0.1) is 21.0 Å². The molecule has 0 radical (unpaired) electrons. The van der Waals surface area contributed by atoms with Crippen molar-refractivity contribution in [2.75, 3.05) is 27.7 Å². The van der Waals surface area contributed by atoms with Crippen LogP contribution < -0.4 is 10.6 Å². The molecule has 3 rings (SSSR count). The van der Waals surface area contributed by atoms with Gasteiger partial charge in [-0.2, -0.15) is 13.2 Å². The maximum absolute atomic E-state index is 14.6. The molecule has 1 unspecified atom stereocenters. The molecule has 1 heterocycles. The third kappa shape index (κ3) is 6.50. The number of halogens is 6. The van der Waals surface area contributed by atoms with E-state index in [0.29, 0.717) is 5.56 Å². The smallest absolute Gasteiger partial charge is 0.355 e. The molecule has 1 aliphatic rings. The van der Waals surface area contributed by atoms with Crippen LogP contribution in [0.5, 0.6) is 0 Å². The Bertz CT molecular complexity index is 1140. The van der Waals surface area contributed by atoms with Crippen LogP contribution in [0.2, 0.25) is 10.0 Å². The Morgan fingerprint density at radius 1 is 1.16 bits per heavy atom. The molecule has 1 aromatic heterocycles. The average molecular weight is 564 g/mol. The van der Waals surface area contributed by atoms with E-state index >= 15 is 0 Å². The summed E-state index contributed by atoms with van der Waals surface area (Å²) in [6.45, 7) is 0.0637. The van der Waals surface area contributed by atoms with Crippen LogP contribution in [-0.2, 0) is 11.2 Å².